The molecule has 2 aromatic carbocycles. The van der Waals surface area contributed by atoms with Gasteiger partial charge >= 0.3 is 0 Å². The highest BCUT2D eigenvalue weighted by Gasteiger charge is 2.14. The molecule has 0 saturated heterocycles. The summed E-state index contributed by atoms with van der Waals surface area (Å²) in [6, 6.07) is 10.3. The van der Waals surface area contributed by atoms with Gasteiger partial charge in [0.2, 0.25) is 0 Å². The molecule has 0 heterocycles. The Balaban J connectivity index is 2.11. The van der Waals surface area contributed by atoms with Crippen LogP contribution in [0.15, 0.2) is 51.8 Å². The third kappa shape index (κ3) is 4.25. The number of benzene rings is 2. The second kappa shape index (κ2) is 7.00. The molecule has 0 radical (unpaired) electrons. The Kier molecular flexibility index (Phi) is 5.30. The fraction of sp³-hybridized carbons (Fsp3) is 0.0714. The first-order valence-corrected chi connectivity index (χ1v) is 7.45. The molecule has 0 unspecified atom stereocenters. The topological polar surface area (TPSA) is 29.1 Å². The lowest BCUT2D eigenvalue weighted by Gasteiger charge is -2.08. The molecule has 21 heavy (non-hydrogen) atoms. The highest BCUT2D eigenvalue weighted by molar-refractivity contribution is 9.10. The van der Waals surface area contributed by atoms with Crippen LogP contribution in [0, 0.1) is 5.82 Å². The molecule has 0 fully saturated rings. The predicted octanol–water partition coefficient (Wildman–Crippen LogP) is 5.16. The van der Waals surface area contributed by atoms with Crippen LogP contribution in [0.3, 0.4) is 0 Å². The van der Waals surface area contributed by atoms with Crippen molar-refractivity contribution in [3.8, 4) is 0 Å². The van der Waals surface area contributed by atoms with E-state index >= 15 is 0 Å². The number of carbonyl (C=O) groups is 1. The zero-order chi connectivity index (χ0) is 15.4. The number of nitrogens with one attached hydrogen (secondary N) is 1. The molecule has 0 aromatic heterocycles. The highest BCUT2D eigenvalue weighted by Crippen LogP contribution is 2.26. The molecule has 0 atom stereocenters. The van der Waals surface area contributed by atoms with Gasteiger partial charge in [-0.2, -0.15) is 8.78 Å². The third-order valence-electron chi connectivity index (χ3n) is 2.53. The summed E-state index contributed by atoms with van der Waals surface area (Å²) in [4.78, 5) is 12.3. The molecule has 1 N–H and O–H groups in total. The minimum absolute atomic E-state index is 0.101. The molecule has 2 nitrogen and oxygen atoms in total. The number of thioether (sulfide) groups is 1. The van der Waals surface area contributed by atoms with Crippen LogP contribution in [0.1, 0.15) is 10.4 Å². The lowest BCUT2D eigenvalue weighted by Crippen LogP contribution is -2.13. The number of anilines is 1. The van der Waals surface area contributed by atoms with Crippen molar-refractivity contribution < 1.29 is 18.0 Å². The fourth-order valence-electron chi connectivity index (χ4n) is 1.60. The Hall–Kier alpha value is -1.47. The first kappa shape index (κ1) is 15.9. The standard InChI is InChI=1S/C14H9BrF3NOS/c15-11-3-1-2-10(12(11)16)13(20)19-8-4-6-9(7-5-8)21-14(17)18/h1-7,14H,(H,19,20). The number of amides is 1. The quantitative estimate of drug-likeness (QED) is 0.748. The van der Waals surface area contributed by atoms with Crippen molar-refractivity contribution in [2.45, 2.75) is 10.7 Å². The Morgan fingerprint density at radius 2 is 1.81 bits per heavy atom. The summed E-state index contributed by atoms with van der Waals surface area (Å²) in [5.74, 6) is -3.76. The summed E-state index contributed by atoms with van der Waals surface area (Å²) in [6.07, 6.45) is 0. The molecule has 0 aliphatic rings. The van der Waals surface area contributed by atoms with Gasteiger partial charge in [0.15, 0.2) is 0 Å². The SMILES string of the molecule is O=C(Nc1ccc(SC(F)F)cc1)c1cccc(Br)c1F. The van der Waals surface area contributed by atoms with E-state index in [9.17, 15) is 18.0 Å². The van der Waals surface area contributed by atoms with Crippen LogP contribution in [0.4, 0.5) is 18.9 Å². The molecule has 0 bridgehead atoms. The average Bonchev–Trinajstić information content (AvgIpc) is 2.43. The van der Waals surface area contributed by atoms with E-state index in [0.717, 1.165) is 0 Å². The Bertz CT molecular complexity index is 649. The zero-order valence-electron chi connectivity index (χ0n) is 10.4. The summed E-state index contributed by atoms with van der Waals surface area (Å²) >= 11 is 3.42. The van der Waals surface area contributed by atoms with Gasteiger partial charge in [0.25, 0.3) is 11.7 Å². The summed E-state index contributed by atoms with van der Waals surface area (Å²) in [5, 5.41) is 2.51. The molecule has 0 aliphatic heterocycles. The third-order valence-corrected chi connectivity index (χ3v) is 3.87. The molecule has 110 valence electrons. The van der Waals surface area contributed by atoms with Crippen molar-refractivity contribution in [2.24, 2.45) is 0 Å². The Morgan fingerprint density at radius 3 is 2.43 bits per heavy atom. The molecular weight excluding hydrogens is 367 g/mol. The lowest BCUT2D eigenvalue weighted by molar-refractivity contribution is 0.102. The van der Waals surface area contributed by atoms with Gasteiger partial charge in [-0.05, 0) is 52.3 Å². The number of alkyl halides is 2. The van der Waals surface area contributed by atoms with Crippen molar-refractivity contribution in [2.75, 3.05) is 5.32 Å². The van der Waals surface area contributed by atoms with E-state index in [1.165, 1.54) is 36.4 Å². The molecule has 1 amide bonds. The number of rotatable bonds is 4. The molecule has 2 aromatic rings. The molecule has 7 heteroatoms. The summed E-state index contributed by atoms with van der Waals surface area (Å²) in [6.45, 7) is 0. The van der Waals surface area contributed by atoms with Crippen LogP contribution < -0.4 is 5.32 Å². The van der Waals surface area contributed by atoms with Gasteiger partial charge in [0, 0.05) is 10.6 Å². The number of hydrogen-bond acceptors (Lipinski definition) is 2. The second-order valence-corrected chi connectivity index (χ2v) is 5.88. The van der Waals surface area contributed by atoms with Gasteiger partial charge in [-0.15, -0.1) is 0 Å². The van der Waals surface area contributed by atoms with Gasteiger partial charge in [-0.3, -0.25) is 4.79 Å². The van der Waals surface area contributed by atoms with Crippen LogP contribution in [0.2, 0.25) is 0 Å². The maximum atomic E-state index is 13.8. The van der Waals surface area contributed by atoms with Crippen molar-refractivity contribution in [1.29, 1.82) is 0 Å². The zero-order valence-corrected chi connectivity index (χ0v) is 12.8. The van der Waals surface area contributed by atoms with Crippen LogP contribution in [0.5, 0.6) is 0 Å². The van der Waals surface area contributed by atoms with E-state index in [1.54, 1.807) is 6.07 Å². The van der Waals surface area contributed by atoms with E-state index in [0.29, 0.717) is 22.3 Å². The van der Waals surface area contributed by atoms with E-state index in [1.807, 2.05) is 0 Å². The van der Waals surface area contributed by atoms with E-state index in [-0.39, 0.29) is 10.0 Å². The van der Waals surface area contributed by atoms with Crippen LogP contribution in [0.25, 0.3) is 0 Å². The van der Waals surface area contributed by atoms with Crippen molar-refractivity contribution >= 4 is 39.3 Å². The van der Waals surface area contributed by atoms with E-state index < -0.39 is 17.5 Å². The van der Waals surface area contributed by atoms with Crippen molar-refractivity contribution in [3.63, 3.8) is 0 Å². The number of halogens is 4. The molecular formula is C14H9BrF3NOS. The lowest BCUT2D eigenvalue weighted by atomic mass is 10.2. The minimum Gasteiger partial charge on any atom is -0.322 e. The minimum atomic E-state index is -2.50. The highest BCUT2D eigenvalue weighted by atomic mass is 79.9. The molecule has 2 rings (SSSR count). The molecule has 0 spiro atoms. The van der Waals surface area contributed by atoms with Gasteiger partial charge in [0.1, 0.15) is 5.82 Å². The number of hydrogen-bond donors (Lipinski definition) is 1. The number of carbonyl (C=O) groups excluding carboxylic acids is 1. The predicted molar refractivity (Wildman–Crippen MR) is 80.4 cm³/mol. The fourth-order valence-corrected chi connectivity index (χ4v) is 2.46. The first-order valence-electron chi connectivity index (χ1n) is 5.77. The van der Waals surface area contributed by atoms with Gasteiger partial charge in [-0.1, -0.05) is 17.8 Å². The smallest absolute Gasteiger partial charge is 0.288 e. The van der Waals surface area contributed by atoms with Crippen LogP contribution in [-0.4, -0.2) is 11.7 Å². The van der Waals surface area contributed by atoms with Crippen LogP contribution >= 0.6 is 27.7 Å². The second-order valence-electron chi connectivity index (χ2n) is 3.96. The maximum Gasteiger partial charge on any atom is 0.288 e. The molecule has 0 saturated carbocycles. The summed E-state index contributed by atoms with van der Waals surface area (Å²) in [7, 11) is 0. The average molecular weight is 376 g/mol. The monoisotopic (exact) mass is 375 g/mol. The van der Waals surface area contributed by atoms with Crippen molar-refractivity contribution in [1.82, 2.24) is 0 Å². The van der Waals surface area contributed by atoms with E-state index in [2.05, 4.69) is 21.2 Å². The normalized spacial score (nSPS) is 10.7. The Morgan fingerprint density at radius 1 is 1.14 bits per heavy atom. The van der Waals surface area contributed by atoms with Gasteiger partial charge in [-0.25, -0.2) is 4.39 Å². The van der Waals surface area contributed by atoms with E-state index in [4.69, 9.17) is 0 Å². The summed E-state index contributed by atoms with van der Waals surface area (Å²) in [5.41, 5.74) is 0.299. The molecule has 0 aliphatic carbocycles. The maximum absolute atomic E-state index is 13.8. The Labute approximate surface area is 131 Å². The summed E-state index contributed by atoms with van der Waals surface area (Å²) < 4.78 is 38.3. The first-order chi connectivity index (χ1) is 9.97. The van der Waals surface area contributed by atoms with Gasteiger partial charge in [0.05, 0.1) is 10.0 Å². The largest absolute Gasteiger partial charge is 0.322 e. The van der Waals surface area contributed by atoms with Gasteiger partial charge < -0.3 is 5.32 Å². The van der Waals surface area contributed by atoms with Crippen molar-refractivity contribution in [3.05, 3.63) is 58.3 Å². The van der Waals surface area contributed by atoms with Crippen LogP contribution in [-0.2, 0) is 0 Å².